The number of benzene rings is 1. The Labute approximate surface area is 122 Å². The van der Waals surface area contributed by atoms with Gasteiger partial charge in [0.15, 0.2) is 0 Å². The van der Waals surface area contributed by atoms with Gasteiger partial charge in [-0.25, -0.2) is 0 Å². The van der Waals surface area contributed by atoms with Crippen LogP contribution in [-0.4, -0.2) is 16.3 Å². The van der Waals surface area contributed by atoms with E-state index >= 15 is 0 Å². The van der Waals surface area contributed by atoms with Crippen molar-refractivity contribution in [3.05, 3.63) is 54.4 Å². The molecule has 0 aliphatic carbocycles. The van der Waals surface area contributed by atoms with E-state index in [0.717, 1.165) is 19.5 Å². The van der Waals surface area contributed by atoms with Gasteiger partial charge in [0.1, 0.15) is 0 Å². The van der Waals surface area contributed by atoms with Crippen molar-refractivity contribution in [3.8, 4) is 0 Å². The predicted octanol–water partition coefficient (Wildman–Crippen LogP) is 3.65. The molecule has 0 saturated carbocycles. The van der Waals surface area contributed by atoms with E-state index in [0.29, 0.717) is 12.0 Å². The lowest BCUT2D eigenvalue weighted by Crippen LogP contribution is -2.24. The molecule has 0 saturated heterocycles. The Morgan fingerprint density at radius 3 is 2.60 bits per heavy atom. The van der Waals surface area contributed by atoms with Crippen LogP contribution in [0.2, 0.25) is 0 Å². The van der Waals surface area contributed by atoms with Gasteiger partial charge in [-0.05, 0) is 36.9 Å². The maximum absolute atomic E-state index is 4.23. The van der Waals surface area contributed by atoms with Crippen molar-refractivity contribution in [2.75, 3.05) is 6.54 Å². The summed E-state index contributed by atoms with van der Waals surface area (Å²) in [6.45, 7) is 6.55. The Morgan fingerprint density at radius 2 is 1.95 bits per heavy atom. The molecule has 3 nitrogen and oxygen atoms in total. The molecule has 1 atom stereocenters. The summed E-state index contributed by atoms with van der Waals surface area (Å²) in [6, 6.07) is 13.2. The minimum Gasteiger partial charge on any atom is -0.310 e. The number of aryl methyl sites for hydroxylation is 1. The monoisotopic (exact) mass is 271 g/mol. The average Bonchev–Trinajstić information content (AvgIpc) is 2.96. The number of rotatable bonds is 8. The maximum atomic E-state index is 4.23. The zero-order valence-corrected chi connectivity index (χ0v) is 12.5. The molecule has 0 aliphatic rings. The smallest absolute Gasteiger partial charge is 0.0489 e. The summed E-state index contributed by atoms with van der Waals surface area (Å²) in [6.07, 6.45) is 6.12. The summed E-state index contributed by atoms with van der Waals surface area (Å²) in [5.41, 5.74) is 1.39. The first-order valence-electron chi connectivity index (χ1n) is 7.51. The lowest BCUT2D eigenvalue weighted by molar-refractivity contribution is 0.417. The second kappa shape index (κ2) is 7.85. The van der Waals surface area contributed by atoms with E-state index in [4.69, 9.17) is 0 Å². The van der Waals surface area contributed by atoms with Gasteiger partial charge in [-0.3, -0.25) is 4.68 Å². The minimum atomic E-state index is 0.453. The summed E-state index contributed by atoms with van der Waals surface area (Å²) < 4.78 is 1.99. The highest BCUT2D eigenvalue weighted by Gasteiger charge is 2.12. The van der Waals surface area contributed by atoms with Crippen molar-refractivity contribution in [2.24, 2.45) is 5.92 Å². The SMILES string of the molecule is CC(C)CC(NCCCn1cccn1)c1ccccc1. The van der Waals surface area contributed by atoms with E-state index in [1.807, 2.05) is 23.1 Å². The molecule has 0 radical (unpaired) electrons. The molecule has 1 aromatic heterocycles. The van der Waals surface area contributed by atoms with Crippen molar-refractivity contribution in [1.82, 2.24) is 15.1 Å². The third-order valence-corrected chi connectivity index (χ3v) is 3.42. The molecule has 1 aromatic carbocycles. The molecule has 2 aromatic rings. The number of hydrogen-bond acceptors (Lipinski definition) is 2. The molecule has 1 heterocycles. The van der Waals surface area contributed by atoms with Gasteiger partial charge in [-0.1, -0.05) is 44.2 Å². The molecule has 0 aliphatic heterocycles. The molecule has 0 fully saturated rings. The highest BCUT2D eigenvalue weighted by molar-refractivity contribution is 5.18. The molecule has 20 heavy (non-hydrogen) atoms. The van der Waals surface area contributed by atoms with Crippen molar-refractivity contribution in [2.45, 2.75) is 39.3 Å². The third kappa shape index (κ3) is 4.82. The average molecular weight is 271 g/mol. The number of hydrogen-bond donors (Lipinski definition) is 1. The molecule has 0 bridgehead atoms. The van der Waals surface area contributed by atoms with E-state index < -0.39 is 0 Å². The van der Waals surface area contributed by atoms with E-state index in [1.54, 1.807) is 0 Å². The molecular weight excluding hydrogens is 246 g/mol. The fourth-order valence-electron chi connectivity index (χ4n) is 2.44. The molecule has 0 spiro atoms. The Morgan fingerprint density at radius 1 is 1.15 bits per heavy atom. The number of aromatic nitrogens is 2. The Kier molecular flexibility index (Phi) is 5.81. The van der Waals surface area contributed by atoms with Crippen molar-refractivity contribution < 1.29 is 0 Å². The highest BCUT2D eigenvalue weighted by Crippen LogP contribution is 2.20. The van der Waals surface area contributed by atoms with Crippen molar-refractivity contribution in [1.29, 1.82) is 0 Å². The van der Waals surface area contributed by atoms with Gasteiger partial charge in [-0.2, -0.15) is 5.10 Å². The van der Waals surface area contributed by atoms with Gasteiger partial charge >= 0.3 is 0 Å². The van der Waals surface area contributed by atoms with Gasteiger partial charge < -0.3 is 5.32 Å². The predicted molar refractivity (Wildman–Crippen MR) is 83.5 cm³/mol. The van der Waals surface area contributed by atoms with E-state index in [9.17, 15) is 0 Å². The Hall–Kier alpha value is -1.61. The van der Waals surface area contributed by atoms with Crippen molar-refractivity contribution >= 4 is 0 Å². The van der Waals surface area contributed by atoms with Crippen LogP contribution >= 0.6 is 0 Å². The van der Waals surface area contributed by atoms with Gasteiger partial charge in [0.25, 0.3) is 0 Å². The molecule has 1 N–H and O–H groups in total. The first-order chi connectivity index (χ1) is 9.75. The number of nitrogens with zero attached hydrogens (tertiary/aromatic N) is 2. The summed E-state index contributed by atoms with van der Waals surface area (Å²) in [7, 11) is 0. The molecule has 108 valence electrons. The summed E-state index contributed by atoms with van der Waals surface area (Å²) >= 11 is 0. The van der Waals surface area contributed by atoms with Gasteiger partial charge in [-0.15, -0.1) is 0 Å². The van der Waals surface area contributed by atoms with E-state index in [-0.39, 0.29) is 0 Å². The first kappa shape index (κ1) is 14.8. The fraction of sp³-hybridized carbons (Fsp3) is 0.471. The van der Waals surface area contributed by atoms with Gasteiger partial charge in [0.2, 0.25) is 0 Å². The summed E-state index contributed by atoms with van der Waals surface area (Å²) in [5.74, 6) is 0.693. The van der Waals surface area contributed by atoms with Crippen LogP contribution in [0.25, 0.3) is 0 Å². The largest absolute Gasteiger partial charge is 0.310 e. The van der Waals surface area contributed by atoms with Crippen LogP contribution in [0.4, 0.5) is 0 Å². The molecule has 1 unspecified atom stereocenters. The fourth-order valence-corrected chi connectivity index (χ4v) is 2.44. The van der Waals surface area contributed by atoms with Crippen LogP contribution in [0.5, 0.6) is 0 Å². The van der Waals surface area contributed by atoms with Crippen molar-refractivity contribution in [3.63, 3.8) is 0 Å². The van der Waals surface area contributed by atoms with Crippen LogP contribution in [-0.2, 0) is 6.54 Å². The topological polar surface area (TPSA) is 29.9 Å². The van der Waals surface area contributed by atoms with Gasteiger partial charge in [0.05, 0.1) is 0 Å². The molecule has 0 amide bonds. The maximum Gasteiger partial charge on any atom is 0.0489 e. The Balaban J connectivity index is 1.82. The zero-order valence-electron chi connectivity index (χ0n) is 12.5. The normalized spacial score (nSPS) is 12.8. The zero-order chi connectivity index (χ0) is 14.2. The number of nitrogens with one attached hydrogen (secondary N) is 1. The van der Waals surface area contributed by atoms with Crippen LogP contribution in [0, 0.1) is 5.92 Å². The Bertz CT molecular complexity index is 462. The van der Waals surface area contributed by atoms with Crippen LogP contribution in [0.1, 0.15) is 38.3 Å². The molecule has 3 heteroatoms. The molecule has 2 rings (SSSR count). The first-order valence-corrected chi connectivity index (χ1v) is 7.51. The summed E-state index contributed by atoms with van der Waals surface area (Å²) in [4.78, 5) is 0. The minimum absolute atomic E-state index is 0.453. The summed E-state index contributed by atoms with van der Waals surface area (Å²) in [5, 5.41) is 7.92. The van der Waals surface area contributed by atoms with Gasteiger partial charge in [0, 0.05) is 25.0 Å². The van der Waals surface area contributed by atoms with Crippen LogP contribution < -0.4 is 5.32 Å². The second-order valence-corrected chi connectivity index (χ2v) is 5.67. The standard InChI is InChI=1S/C17H25N3/c1-15(2)14-17(16-8-4-3-5-9-16)18-10-6-12-20-13-7-11-19-20/h3-5,7-9,11,13,15,17-18H,6,10,12,14H2,1-2H3. The second-order valence-electron chi connectivity index (χ2n) is 5.67. The lowest BCUT2D eigenvalue weighted by atomic mass is 9.97. The highest BCUT2D eigenvalue weighted by atomic mass is 15.3. The van der Waals surface area contributed by atoms with Crippen LogP contribution in [0.3, 0.4) is 0 Å². The van der Waals surface area contributed by atoms with E-state index in [1.165, 1.54) is 12.0 Å². The van der Waals surface area contributed by atoms with Crippen LogP contribution in [0.15, 0.2) is 48.8 Å². The molecular formula is C17H25N3. The third-order valence-electron chi connectivity index (χ3n) is 3.42. The lowest BCUT2D eigenvalue weighted by Gasteiger charge is -2.21. The quantitative estimate of drug-likeness (QED) is 0.743. The van der Waals surface area contributed by atoms with E-state index in [2.05, 4.69) is 54.6 Å².